The van der Waals surface area contributed by atoms with E-state index in [4.69, 9.17) is 17.3 Å². The minimum absolute atomic E-state index is 0.00863. The van der Waals surface area contributed by atoms with Crippen molar-refractivity contribution in [2.75, 3.05) is 6.54 Å². The van der Waals surface area contributed by atoms with E-state index >= 15 is 0 Å². The molecule has 5 heteroatoms. The Kier molecular flexibility index (Phi) is 4.35. The second-order valence-corrected chi connectivity index (χ2v) is 6.62. The van der Waals surface area contributed by atoms with Crippen LogP contribution in [0.2, 0.25) is 5.02 Å². The summed E-state index contributed by atoms with van der Waals surface area (Å²) in [6.45, 7) is 3.83. The Bertz CT molecular complexity index is 440. The first-order valence-corrected chi connectivity index (χ1v) is 7.01. The molecule has 90 valence electrons. The van der Waals surface area contributed by atoms with Gasteiger partial charge in [-0.25, -0.2) is 8.42 Å². The Balaban J connectivity index is 3.15. The van der Waals surface area contributed by atoms with Crippen molar-refractivity contribution in [3.05, 3.63) is 29.3 Å². The summed E-state index contributed by atoms with van der Waals surface area (Å²) in [5.41, 5.74) is 5.52. The van der Waals surface area contributed by atoms with Gasteiger partial charge in [0, 0.05) is 11.6 Å². The smallest absolute Gasteiger partial charge is 0.182 e. The molecule has 0 bridgehead atoms. The normalized spacial score (nSPS) is 14.1. The van der Waals surface area contributed by atoms with E-state index in [-0.39, 0.29) is 17.4 Å². The fourth-order valence-electron chi connectivity index (χ4n) is 1.56. The zero-order chi connectivity index (χ0) is 12.3. The summed E-state index contributed by atoms with van der Waals surface area (Å²) in [4.78, 5) is 0.279. The van der Waals surface area contributed by atoms with Gasteiger partial charge in [-0.2, -0.15) is 0 Å². The van der Waals surface area contributed by atoms with Gasteiger partial charge in [0.15, 0.2) is 9.84 Å². The van der Waals surface area contributed by atoms with Crippen LogP contribution in [0.4, 0.5) is 0 Å². The van der Waals surface area contributed by atoms with Gasteiger partial charge < -0.3 is 5.73 Å². The molecular weight excluding hydrogens is 246 g/mol. The van der Waals surface area contributed by atoms with E-state index in [1.165, 1.54) is 12.1 Å². The van der Waals surface area contributed by atoms with Gasteiger partial charge in [0.1, 0.15) is 0 Å². The van der Waals surface area contributed by atoms with Gasteiger partial charge in [-0.1, -0.05) is 25.4 Å². The zero-order valence-electron chi connectivity index (χ0n) is 9.35. The lowest BCUT2D eigenvalue weighted by Gasteiger charge is -2.19. The highest BCUT2D eigenvalue weighted by atomic mass is 35.5. The number of hydrogen-bond acceptors (Lipinski definition) is 3. The van der Waals surface area contributed by atoms with Gasteiger partial charge in [0.05, 0.1) is 10.1 Å². The van der Waals surface area contributed by atoms with Crippen molar-refractivity contribution >= 4 is 21.4 Å². The third-order valence-electron chi connectivity index (χ3n) is 2.52. The maximum absolute atomic E-state index is 12.2. The standard InChI is InChI=1S/C11H16ClNO2S/c1-8(2)11(7-13)16(14,15)10-5-3-9(12)4-6-10/h3-6,8,11H,7,13H2,1-2H3. The van der Waals surface area contributed by atoms with Gasteiger partial charge in [-0.15, -0.1) is 0 Å². The van der Waals surface area contributed by atoms with Gasteiger partial charge in [0.25, 0.3) is 0 Å². The average molecular weight is 262 g/mol. The number of benzene rings is 1. The second-order valence-electron chi connectivity index (χ2n) is 4.02. The van der Waals surface area contributed by atoms with E-state index in [1.807, 2.05) is 13.8 Å². The Morgan fingerprint density at radius 3 is 2.12 bits per heavy atom. The van der Waals surface area contributed by atoms with E-state index in [0.717, 1.165) is 0 Å². The SMILES string of the molecule is CC(C)C(CN)S(=O)(=O)c1ccc(Cl)cc1. The van der Waals surface area contributed by atoms with E-state index < -0.39 is 15.1 Å². The molecule has 1 atom stereocenters. The molecule has 2 N–H and O–H groups in total. The lowest BCUT2D eigenvalue weighted by atomic mass is 10.1. The van der Waals surface area contributed by atoms with Crippen molar-refractivity contribution in [3.63, 3.8) is 0 Å². The molecule has 0 spiro atoms. The molecule has 0 aliphatic carbocycles. The summed E-state index contributed by atoms with van der Waals surface area (Å²) < 4.78 is 24.4. The van der Waals surface area contributed by atoms with Crippen LogP contribution in [0.1, 0.15) is 13.8 Å². The topological polar surface area (TPSA) is 60.2 Å². The monoisotopic (exact) mass is 261 g/mol. The summed E-state index contributed by atoms with van der Waals surface area (Å²) in [7, 11) is -3.35. The molecule has 16 heavy (non-hydrogen) atoms. The molecule has 3 nitrogen and oxygen atoms in total. The van der Waals surface area contributed by atoms with Crippen molar-refractivity contribution in [3.8, 4) is 0 Å². The van der Waals surface area contributed by atoms with E-state index in [2.05, 4.69) is 0 Å². The lowest BCUT2D eigenvalue weighted by molar-refractivity contribution is 0.533. The van der Waals surface area contributed by atoms with E-state index in [0.29, 0.717) is 5.02 Å². The molecule has 0 aliphatic rings. The summed E-state index contributed by atoms with van der Waals surface area (Å²) in [6, 6.07) is 6.18. The number of rotatable bonds is 4. The van der Waals surface area contributed by atoms with Gasteiger partial charge >= 0.3 is 0 Å². The van der Waals surface area contributed by atoms with Crippen LogP contribution in [0.5, 0.6) is 0 Å². The fourth-order valence-corrected chi connectivity index (χ4v) is 3.52. The minimum atomic E-state index is -3.35. The van der Waals surface area contributed by atoms with Crippen molar-refractivity contribution in [1.82, 2.24) is 0 Å². The largest absolute Gasteiger partial charge is 0.329 e. The molecular formula is C11H16ClNO2S. The highest BCUT2D eigenvalue weighted by molar-refractivity contribution is 7.92. The van der Waals surface area contributed by atoms with Crippen LogP contribution in [0.25, 0.3) is 0 Å². The molecule has 0 aliphatic heterocycles. The average Bonchev–Trinajstić information content (AvgIpc) is 2.18. The predicted octanol–water partition coefficient (Wildman–Crippen LogP) is 2.10. The first-order chi connectivity index (χ1) is 7.39. The Labute approximate surface area is 102 Å². The third-order valence-corrected chi connectivity index (χ3v) is 5.23. The summed E-state index contributed by atoms with van der Waals surface area (Å²) >= 11 is 5.72. The Morgan fingerprint density at radius 2 is 1.75 bits per heavy atom. The first kappa shape index (κ1) is 13.5. The van der Waals surface area contributed by atoms with Crippen molar-refractivity contribution in [2.24, 2.45) is 11.7 Å². The molecule has 1 aromatic rings. The highest BCUT2D eigenvalue weighted by Crippen LogP contribution is 2.22. The number of nitrogens with two attached hydrogens (primary N) is 1. The quantitative estimate of drug-likeness (QED) is 0.903. The molecule has 0 radical (unpaired) electrons. The molecule has 0 saturated carbocycles. The fraction of sp³-hybridized carbons (Fsp3) is 0.455. The maximum Gasteiger partial charge on any atom is 0.182 e. The van der Waals surface area contributed by atoms with Crippen LogP contribution in [-0.4, -0.2) is 20.2 Å². The number of halogens is 1. The van der Waals surface area contributed by atoms with Crippen LogP contribution in [0.3, 0.4) is 0 Å². The van der Waals surface area contributed by atoms with Gasteiger partial charge in [-0.3, -0.25) is 0 Å². The van der Waals surface area contributed by atoms with Crippen LogP contribution in [0, 0.1) is 5.92 Å². The molecule has 0 saturated heterocycles. The molecule has 1 unspecified atom stereocenters. The summed E-state index contributed by atoms with van der Waals surface area (Å²) in [5, 5.41) is -0.0264. The van der Waals surface area contributed by atoms with Gasteiger partial charge in [-0.05, 0) is 30.2 Å². The highest BCUT2D eigenvalue weighted by Gasteiger charge is 2.28. The molecule has 0 amide bonds. The molecule has 0 heterocycles. The van der Waals surface area contributed by atoms with Crippen molar-refractivity contribution < 1.29 is 8.42 Å². The molecule has 1 aromatic carbocycles. The van der Waals surface area contributed by atoms with Crippen molar-refractivity contribution in [1.29, 1.82) is 0 Å². The summed E-state index contributed by atoms with van der Waals surface area (Å²) in [6.07, 6.45) is 0. The van der Waals surface area contributed by atoms with Crippen LogP contribution in [0.15, 0.2) is 29.2 Å². The number of sulfone groups is 1. The van der Waals surface area contributed by atoms with E-state index in [1.54, 1.807) is 12.1 Å². The predicted molar refractivity (Wildman–Crippen MR) is 66.3 cm³/mol. The van der Waals surface area contributed by atoms with Crippen LogP contribution >= 0.6 is 11.6 Å². The molecule has 0 fully saturated rings. The Morgan fingerprint density at radius 1 is 1.25 bits per heavy atom. The van der Waals surface area contributed by atoms with Crippen LogP contribution < -0.4 is 5.73 Å². The first-order valence-electron chi connectivity index (χ1n) is 5.09. The van der Waals surface area contributed by atoms with Crippen molar-refractivity contribution in [2.45, 2.75) is 24.0 Å². The maximum atomic E-state index is 12.2. The zero-order valence-corrected chi connectivity index (χ0v) is 10.9. The third kappa shape index (κ3) is 2.75. The second kappa shape index (κ2) is 5.17. The minimum Gasteiger partial charge on any atom is -0.329 e. The Hall–Kier alpha value is -0.580. The van der Waals surface area contributed by atoms with E-state index in [9.17, 15) is 8.42 Å². The molecule has 0 aromatic heterocycles. The van der Waals surface area contributed by atoms with Crippen LogP contribution in [-0.2, 0) is 9.84 Å². The lowest BCUT2D eigenvalue weighted by Crippen LogP contribution is -2.34. The van der Waals surface area contributed by atoms with Gasteiger partial charge in [0.2, 0.25) is 0 Å². The molecule has 1 rings (SSSR count). The summed E-state index contributed by atoms with van der Waals surface area (Å²) in [5.74, 6) is -0.00863. The number of hydrogen-bond donors (Lipinski definition) is 1.